The molecule has 2 aliphatic rings. The summed E-state index contributed by atoms with van der Waals surface area (Å²) in [6.45, 7) is 0. The molecule has 1 heterocycles. The number of hydrogen-bond acceptors (Lipinski definition) is 2. The van der Waals surface area contributed by atoms with E-state index >= 15 is 0 Å². The lowest BCUT2D eigenvalue weighted by Crippen LogP contribution is -2.39. The summed E-state index contributed by atoms with van der Waals surface area (Å²) in [6.07, 6.45) is 0. The number of aromatic nitrogens is 1. The molecule has 18 heavy (non-hydrogen) atoms. The number of aromatic amines is 1. The maximum atomic E-state index is 9.79. The molecule has 3 rings (SSSR count). The van der Waals surface area contributed by atoms with E-state index < -0.39 is 25.8 Å². The largest absolute Gasteiger partial charge is 0.494 e. The molecule has 0 fully saturated rings. The number of aromatic hydroxyl groups is 2. The molecule has 1 aromatic heterocycles. The zero-order chi connectivity index (χ0) is 13.7. The van der Waals surface area contributed by atoms with Crippen LogP contribution in [0.2, 0.25) is 0 Å². The highest BCUT2D eigenvalue weighted by atomic mass is 35.5. The van der Waals surface area contributed by atoms with Gasteiger partial charge in [-0.1, -0.05) is 46.4 Å². The summed E-state index contributed by atoms with van der Waals surface area (Å²) in [4.78, 5) is -1.14. The smallest absolute Gasteiger partial charge is 0.197 e. The molecule has 1 aromatic rings. The van der Waals surface area contributed by atoms with Gasteiger partial charge in [-0.15, -0.1) is 23.2 Å². The van der Waals surface area contributed by atoms with Crippen molar-refractivity contribution in [2.45, 2.75) is 14.1 Å². The van der Waals surface area contributed by atoms with Crippen molar-refractivity contribution < 1.29 is 10.2 Å². The Morgan fingerprint density at radius 1 is 0.778 bits per heavy atom. The summed E-state index contributed by atoms with van der Waals surface area (Å²) in [5, 5.41) is 19.4. The Morgan fingerprint density at radius 2 is 1.11 bits per heavy atom. The first-order valence-corrected chi connectivity index (χ1v) is 6.85. The van der Waals surface area contributed by atoms with Crippen LogP contribution < -0.4 is 0 Å². The Hall–Kier alpha value is 0.360. The van der Waals surface area contributed by atoms with Gasteiger partial charge < -0.3 is 10.2 Å². The van der Waals surface area contributed by atoms with Crippen LogP contribution in [-0.4, -0.2) is 19.5 Å². The summed E-state index contributed by atoms with van der Waals surface area (Å²) in [5.74, 6) is -0.818. The first kappa shape index (κ1) is 13.3. The van der Waals surface area contributed by atoms with Crippen LogP contribution in [0.15, 0.2) is 10.1 Å². The van der Waals surface area contributed by atoms with Crippen LogP contribution in [0.3, 0.4) is 0 Å². The zero-order valence-electron chi connectivity index (χ0n) is 8.16. The van der Waals surface area contributed by atoms with Crippen molar-refractivity contribution in [2.24, 2.45) is 0 Å². The SMILES string of the molecule is Oc1[nH]c(O)c2c1C1(Cl)C(Cl)=C(Cl)C2(Cl)C1(Cl)Cl. The molecule has 0 aliphatic heterocycles. The van der Waals surface area contributed by atoms with Gasteiger partial charge in [0.15, 0.2) is 16.1 Å². The fourth-order valence-corrected chi connectivity index (χ4v) is 5.18. The molecule has 0 spiro atoms. The Balaban J connectivity index is 2.52. The predicted octanol–water partition coefficient (Wildman–Crippen LogP) is 4.18. The third kappa shape index (κ3) is 0.993. The number of rotatable bonds is 0. The molecule has 2 aliphatic carbocycles. The van der Waals surface area contributed by atoms with Gasteiger partial charge in [-0.3, -0.25) is 4.98 Å². The summed E-state index contributed by atoms with van der Waals surface area (Å²) in [5.41, 5.74) is 0.0760. The predicted molar refractivity (Wildman–Crippen MR) is 72.4 cm³/mol. The van der Waals surface area contributed by atoms with Crippen molar-refractivity contribution >= 4 is 69.6 Å². The molecule has 2 unspecified atom stereocenters. The minimum Gasteiger partial charge on any atom is -0.494 e. The first-order valence-electron chi connectivity index (χ1n) is 4.58. The molecule has 0 saturated heterocycles. The third-order valence-corrected chi connectivity index (χ3v) is 7.39. The van der Waals surface area contributed by atoms with Crippen molar-refractivity contribution in [3.8, 4) is 11.8 Å². The van der Waals surface area contributed by atoms with E-state index in [1.807, 2.05) is 0 Å². The van der Waals surface area contributed by atoms with E-state index in [2.05, 4.69) is 4.98 Å². The standard InChI is InChI=1S/C9H3Cl6NO2/c10-3-4(11)8(13)2-1(5(17)16-6(2)18)7(3,12)9(8,14)15/h16-18H. The van der Waals surface area contributed by atoms with Gasteiger partial charge in [0.25, 0.3) is 0 Å². The lowest BCUT2D eigenvalue weighted by atomic mass is 10.00. The van der Waals surface area contributed by atoms with E-state index in [1.54, 1.807) is 0 Å². The van der Waals surface area contributed by atoms with Crippen LogP contribution in [0.5, 0.6) is 11.8 Å². The Bertz CT molecular complexity index is 574. The number of fused-ring (bicyclic) bond motifs is 5. The lowest BCUT2D eigenvalue weighted by molar-refractivity contribution is 0.413. The zero-order valence-corrected chi connectivity index (χ0v) is 12.7. The maximum absolute atomic E-state index is 9.79. The monoisotopic (exact) mass is 367 g/mol. The van der Waals surface area contributed by atoms with Crippen LogP contribution >= 0.6 is 69.6 Å². The second-order valence-electron chi connectivity index (χ2n) is 4.09. The molecule has 98 valence electrons. The molecule has 0 radical (unpaired) electrons. The van der Waals surface area contributed by atoms with Crippen molar-refractivity contribution in [3.63, 3.8) is 0 Å². The van der Waals surface area contributed by atoms with Gasteiger partial charge in [-0.2, -0.15) is 0 Å². The second kappa shape index (κ2) is 3.33. The molecule has 0 aromatic carbocycles. The summed E-state index contributed by atoms with van der Waals surface area (Å²) < 4.78 is -1.84. The third-order valence-electron chi connectivity index (χ3n) is 3.31. The van der Waals surface area contributed by atoms with Crippen molar-refractivity contribution in [3.05, 3.63) is 21.2 Å². The van der Waals surface area contributed by atoms with Crippen molar-refractivity contribution in [1.82, 2.24) is 4.98 Å². The average molecular weight is 370 g/mol. The van der Waals surface area contributed by atoms with E-state index in [0.717, 1.165) is 0 Å². The average Bonchev–Trinajstić information content (AvgIpc) is 2.68. The summed E-state index contributed by atoms with van der Waals surface area (Å²) in [6, 6.07) is 0. The Morgan fingerprint density at radius 3 is 1.44 bits per heavy atom. The highest BCUT2D eigenvalue weighted by Gasteiger charge is 2.79. The number of alkyl halides is 4. The molecule has 0 saturated carbocycles. The minimum atomic E-state index is -1.84. The topological polar surface area (TPSA) is 56.2 Å². The van der Waals surface area contributed by atoms with Crippen LogP contribution in [0.1, 0.15) is 11.1 Å². The van der Waals surface area contributed by atoms with E-state index in [1.165, 1.54) is 0 Å². The van der Waals surface area contributed by atoms with Gasteiger partial charge in [0.05, 0.1) is 21.2 Å². The van der Waals surface area contributed by atoms with E-state index in [4.69, 9.17) is 69.6 Å². The number of H-pyrrole nitrogens is 1. The summed E-state index contributed by atoms with van der Waals surface area (Å²) >= 11 is 37.2. The number of allylic oxidation sites excluding steroid dienone is 2. The molecule has 3 N–H and O–H groups in total. The molecule has 2 bridgehead atoms. The van der Waals surface area contributed by atoms with E-state index in [9.17, 15) is 10.2 Å². The molecular formula is C9H3Cl6NO2. The highest BCUT2D eigenvalue weighted by Crippen LogP contribution is 2.79. The van der Waals surface area contributed by atoms with Gasteiger partial charge in [0, 0.05) is 0 Å². The minimum absolute atomic E-state index is 0.0380. The van der Waals surface area contributed by atoms with Gasteiger partial charge in [-0.05, 0) is 0 Å². The van der Waals surface area contributed by atoms with E-state index in [-0.39, 0.29) is 21.2 Å². The molecule has 2 atom stereocenters. The fraction of sp³-hybridized carbons (Fsp3) is 0.333. The van der Waals surface area contributed by atoms with Gasteiger partial charge in [0.2, 0.25) is 0 Å². The fourth-order valence-electron chi connectivity index (χ4n) is 2.49. The van der Waals surface area contributed by atoms with Crippen LogP contribution in [0.4, 0.5) is 0 Å². The quantitative estimate of drug-likeness (QED) is 0.601. The molecule has 3 nitrogen and oxygen atoms in total. The van der Waals surface area contributed by atoms with Crippen LogP contribution in [0, 0.1) is 0 Å². The number of nitrogens with one attached hydrogen (secondary N) is 1. The lowest BCUT2D eigenvalue weighted by Gasteiger charge is -2.31. The summed E-state index contributed by atoms with van der Waals surface area (Å²) in [7, 11) is 0. The Labute approximate surface area is 131 Å². The molecular weight excluding hydrogens is 367 g/mol. The maximum Gasteiger partial charge on any atom is 0.197 e. The van der Waals surface area contributed by atoms with Crippen LogP contribution in [0.25, 0.3) is 0 Å². The molecule has 9 heteroatoms. The molecule has 0 amide bonds. The number of hydrogen-bond donors (Lipinski definition) is 3. The van der Waals surface area contributed by atoms with Crippen molar-refractivity contribution in [1.29, 1.82) is 0 Å². The second-order valence-corrected chi connectivity index (χ2v) is 7.31. The normalized spacial score (nSPS) is 36.3. The first-order chi connectivity index (χ1) is 8.11. The van der Waals surface area contributed by atoms with Gasteiger partial charge in [0.1, 0.15) is 9.75 Å². The number of halogens is 6. The van der Waals surface area contributed by atoms with Gasteiger partial charge >= 0.3 is 0 Å². The van der Waals surface area contributed by atoms with Crippen LogP contribution in [-0.2, 0) is 9.75 Å². The van der Waals surface area contributed by atoms with Crippen molar-refractivity contribution in [2.75, 3.05) is 0 Å². The Kier molecular flexibility index (Phi) is 2.47. The van der Waals surface area contributed by atoms with Gasteiger partial charge in [-0.25, -0.2) is 0 Å². The van der Waals surface area contributed by atoms with E-state index in [0.29, 0.717) is 0 Å². The highest BCUT2D eigenvalue weighted by molar-refractivity contribution is 6.65.